The molecule has 2 rings (SSSR count). The van der Waals surface area contributed by atoms with Crippen LogP contribution in [-0.2, 0) is 13.0 Å². The van der Waals surface area contributed by atoms with Crippen molar-refractivity contribution in [1.29, 1.82) is 0 Å². The first-order valence-electron chi connectivity index (χ1n) is 5.11. The number of aromatic nitrogens is 4. The van der Waals surface area contributed by atoms with Crippen LogP contribution in [0.25, 0.3) is 0 Å². The van der Waals surface area contributed by atoms with Crippen molar-refractivity contribution in [3.8, 4) is 0 Å². The lowest BCUT2D eigenvalue weighted by molar-refractivity contribution is 0.111. The van der Waals surface area contributed by atoms with Gasteiger partial charge < -0.3 is 0 Å². The Kier molecular flexibility index (Phi) is 3.05. The van der Waals surface area contributed by atoms with Gasteiger partial charge in [-0.05, 0) is 18.1 Å². The predicted molar refractivity (Wildman–Crippen MR) is 58.1 cm³/mol. The Morgan fingerprint density at radius 3 is 2.88 bits per heavy atom. The second kappa shape index (κ2) is 4.65. The molecule has 0 spiro atoms. The van der Waals surface area contributed by atoms with Gasteiger partial charge in [-0.25, -0.2) is 4.68 Å². The van der Waals surface area contributed by atoms with Gasteiger partial charge in [0.25, 0.3) is 0 Å². The zero-order chi connectivity index (χ0) is 11.4. The fourth-order valence-corrected chi connectivity index (χ4v) is 1.37. The van der Waals surface area contributed by atoms with Crippen molar-refractivity contribution >= 4 is 6.29 Å². The Balaban J connectivity index is 2.10. The van der Waals surface area contributed by atoms with Crippen LogP contribution in [0.2, 0.25) is 0 Å². The molecular formula is C11H12N4O. The molecule has 0 unspecified atom stereocenters. The minimum Gasteiger partial charge on any atom is -0.296 e. The van der Waals surface area contributed by atoms with E-state index in [0.717, 1.165) is 12.1 Å². The van der Waals surface area contributed by atoms with Crippen molar-refractivity contribution in [2.45, 2.75) is 19.9 Å². The molecule has 0 aliphatic carbocycles. The predicted octanol–water partition coefficient (Wildman–Crippen LogP) is 1.10. The number of pyridine rings is 1. The second-order valence-corrected chi connectivity index (χ2v) is 3.47. The molecule has 0 N–H and O–H groups in total. The Hall–Kier alpha value is -2.04. The summed E-state index contributed by atoms with van der Waals surface area (Å²) in [5.41, 5.74) is 2.45. The third-order valence-electron chi connectivity index (χ3n) is 2.30. The third-order valence-corrected chi connectivity index (χ3v) is 2.30. The van der Waals surface area contributed by atoms with Crippen LogP contribution in [0.1, 0.15) is 28.7 Å². The van der Waals surface area contributed by atoms with E-state index < -0.39 is 0 Å². The molecule has 0 aromatic carbocycles. The molecule has 5 heteroatoms. The molecule has 0 amide bonds. The molecule has 0 aliphatic rings. The summed E-state index contributed by atoms with van der Waals surface area (Å²) in [5.74, 6) is 0. The highest BCUT2D eigenvalue weighted by molar-refractivity contribution is 5.70. The number of hydrogen-bond donors (Lipinski definition) is 0. The molecule has 0 bridgehead atoms. The minimum atomic E-state index is 0.338. The molecular weight excluding hydrogens is 204 g/mol. The standard InChI is InChI=1S/C11H12N4O/c1-2-9-3-4-10(12-5-9)6-15-7-11(8-16)13-14-15/h3-5,7-8H,2,6H2,1H3. The molecule has 2 aromatic rings. The highest BCUT2D eigenvalue weighted by Gasteiger charge is 2.01. The smallest absolute Gasteiger partial charge is 0.171 e. The number of carbonyl (C=O) groups is 1. The van der Waals surface area contributed by atoms with Crippen LogP contribution in [-0.4, -0.2) is 26.3 Å². The van der Waals surface area contributed by atoms with Crippen LogP contribution in [0.5, 0.6) is 0 Å². The van der Waals surface area contributed by atoms with Crippen molar-refractivity contribution in [2.24, 2.45) is 0 Å². The summed E-state index contributed by atoms with van der Waals surface area (Å²) in [6.07, 6.45) is 5.11. The quantitative estimate of drug-likeness (QED) is 0.718. The van der Waals surface area contributed by atoms with Crippen LogP contribution in [0, 0.1) is 0 Å². The number of aryl methyl sites for hydroxylation is 1. The number of aldehydes is 1. The summed E-state index contributed by atoms with van der Waals surface area (Å²) in [6.45, 7) is 2.62. The lowest BCUT2D eigenvalue weighted by Crippen LogP contribution is -2.02. The maximum Gasteiger partial charge on any atom is 0.171 e. The molecule has 5 nitrogen and oxygen atoms in total. The van der Waals surface area contributed by atoms with Gasteiger partial charge in [0.15, 0.2) is 6.29 Å². The van der Waals surface area contributed by atoms with E-state index in [4.69, 9.17) is 0 Å². The van der Waals surface area contributed by atoms with Gasteiger partial charge in [-0.1, -0.05) is 18.2 Å². The number of carbonyl (C=O) groups excluding carboxylic acids is 1. The molecule has 0 saturated heterocycles. The first kappa shape index (κ1) is 10.5. The van der Waals surface area contributed by atoms with E-state index in [-0.39, 0.29) is 0 Å². The average Bonchev–Trinajstić information content (AvgIpc) is 2.78. The fourth-order valence-electron chi connectivity index (χ4n) is 1.37. The molecule has 0 fully saturated rings. The topological polar surface area (TPSA) is 60.7 Å². The Morgan fingerprint density at radius 1 is 1.44 bits per heavy atom. The van der Waals surface area contributed by atoms with Crippen molar-refractivity contribution in [2.75, 3.05) is 0 Å². The van der Waals surface area contributed by atoms with E-state index in [1.165, 1.54) is 5.56 Å². The van der Waals surface area contributed by atoms with E-state index in [1.54, 1.807) is 10.9 Å². The zero-order valence-electron chi connectivity index (χ0n) is 9.00. The number of rotatable bonds is 4. The van der Waals surface area contributed by atoms with Gasteiger partial charge >= 0.3 is 0 Å². The van der Waals surface area contributed by atoms with E-state index >= 15 is 0 Å². The van der Waals surface area contributed by atoms with Crippen LogP contribution < -0.4 is 0 Å². The summed E-state index contributed by atoms with van der Waals surface area (Å²) in [5, 5.41) is 7.50. The summed E-state index contributed by atoms with van der Waals surface area (Å²) in [7, 11) is 0. The number of hydrogen-bond acceptors (Lipinski definition) is 4. The highest BCUT2D eigenvalue weighted by Crippen LogP contribution is 2.02. The molecule has 2 heterocycles. The molecule has 2 aromatic heterocycles. The van der Waals surface area contributed by atoms with Crippen molar-refractivity contribution in [3.63, 3.8) is 0 Å². The van der Waals surface area contributed by atoms with Gasteiger partial charge in [-0.3, -0.25) is 9.78 Å². The van der Waals surface area contributed by atoms with Gasteiger partial charge in [0.05, 0.1) is 18.4 Å². The van der Waals surface area contributed by atoms with E-state index in [0.29, 0.717) is 18.5 Å². The van der Waals surface area contributed by atoms with Gasteiger partial charge in [0.1, 0.15) is 5.69 Å². The van der Waals surface area contributed by atoms with Crippen molar-refractivity contribution < 1.29 is 4.79 Å². The Bertz CT molecular complexity index is 475. The highest BCUT2D eigenvalue weighted by atomic mass is 16.1. The molecule has 0 saturated carbocycles. The van der Waals surface area contributed by atoms with E-state index in [2.05, 4.69) is 22.2 Å². The summed E-state index contributed by atoms with van der Waals surface area (Å²) in [6, 6.07) is 4.00. The molecule has 0 radical (unpaired) electrons. The lowest BCUT2D eigenvalue weighted by atomic mass is 10.2. The maximum absolute atomic E-state index is 10.4. The van der Waals surface area contributed by atoms with E-state index in [9.17, 15) is 4.79 Å². The monoisotopic (exact) mass is 216 g/mol. The average molecular weight is 216 g/mol. The fraction of sp³-hybridized carbons (Fsp3) is 0.273. The van der Waals surface area contributed by atoms with Gasteiger partial charge in [0, 0.05) is 6.20 Å². The first-order valence-corrected chi connectivity index (χ1v) is 5.11. The molecule has 0 aliphatic heterocycles. The summed E-state index contributed by atoms with van der Waals surface area (Å²) < 4.78 is 1.59. The summed E-state index contributed by atoms with van der Waals surface area (Å²) in [4.78, 5) is 14.7. The van der Waals surface area contributed by atoms with E-state index in [1.807, 2.05) is 18.3 Å². The summed E-state index contributed by atoms with van der Waals surface area (Å²) >= 11 is 0. The van der Waals surface area contributed by atoms with Crippen molar-refractivity contribution in [1.82, 2.24) is 20.0 Å². The van der Waals surface area contributed by atoms with Gasteiger partial charge in [-0.15, -0.1) is 5.10 Å². The molecule has 0 atom stereocenters. The lowest BCUT2D eigenvalue weighted by Gasteiger charge is -2.01. The van der Waals surface area contributed by atoms with Crippen LogP contribution in [0.3, 0.4) is 0 Å². The largest absolute Gasteiger partial charge is 0.296 e. The normalized spacial score (nSPS) is 10.3. The zero-order valence-corrected chi connectivity index (χ0v) is 9.00. The van der Waals surface area contributed by atoms with Crippen molar-refractivity contribution in [3.05, 3.63) is 41.5 Å². The Labute approximate surface area is 93.1 Å². The third kappa shape index (κ3) is 2.31. The Morgan fingerprint density at radius 2 is 2.31 bits per heavy atom. The van der Waals surface area contributed by atoms with Crippen LogP contribution >= 0.6 is 0 Å². The molecule has 82 valence electrons. The van der Waals surface area contributed by atoms with Crippen LogP contribution in [0.15, 0.2) is 24.5 Å². The first-order chi connectivity index (χ1) is 7.81. The van der Waals surface area contributed by atoms with Gasteiger partial charge in [0.2, 0.25) is 0 Å². The van der Waals surface area contributed by atoms with Crippen LogP contribution in [0.4, 0.5) is 0 Å². The minimum absolute atomic E-state index is 0.338. The second-order valence-electron chi connectivity index (χ2n) is 3.47. The van der Waals surface area contributed by atoms with Gasteiger partial charge in [-0.2, -0.15) is 0 Å². The SMILES string of the molecule is CCc1ccc(Cn2cc(C=O)nn2)nc1. The maximum atomic E-state index is 10.4. The number of nitrogens with zero attached hydrogens (tertiary/aromatic N) is 4. The molecule has 16 heavy (non-hydrogen) atoms.